The van der Waals surface area contributed by atoms with Crippen LogP contribution < -0.4 is 5.32 Å². The Morgan fingerprint density at radius 3 is 2.40 bits per heavy atom. The molecule has 1 unspecified atom stereocenters. The van der Waals surface area contributed by atoms with Crippen LogP contribution in [0, 0.1) is 0 Å². The van der Waals surface area contributed by atoms with Gasteiger partial charge in [0.1, 0.15) is 12.3 Å². The van der Waals surface area contributed by atoms with E-state index in [0.29, 0.717) is 56.5 Å². The van der Waals surface area contributed by atoms with Crippen LogP contribution in [0.15, 0.2) is 4.52 Å². The number of urea groups is 1. The first-order chi connectivity index (χ1) is 16.7. The Labute approximate surface area is 206 Å². The number of hydrogen-bond donors (Lipinski definition) is 1. The second kappa shape index (κ2) is 9.92. The Morgan fingerprint density at radius 1 is 1.09 bits per heavy atom. The molecule has 0 aromatic carbocycles. The maximum Gasteiger partial charge on any atom is 0.317 e. The van der Waals surface area contributed by atoms with Crippen molar-refractivity contribution < 1.29 is 18.1 Å². The largest absolute Gasteiger partial charge is 0.339 e. The second-order valence-electron chi connectivity index (χ2n) is 11.5. The van der Waals surface area contributed by atoms with Crippen LogP contribution in [0.4, 0.5) is 13.6 Å². The summed E-state index contributed by atoms with van der Waals surface area (Å²) in [5, 5.41) is 7.21. The minimum absolute atomic E-state index is 0.0478. The second-order valence-corrected chi connectivity index (χ2v) is 11.5. The van der Waals surface area contributed by atoms with E-state index in [1.165, 1.54) is 0 Å². The molecule has 1 aromatic rings. The lowest BCUT2D eigenvalue weighted by Gasteiger charge is -2.46. The summed E-state index contributed by atoms with van der Waals surface area (Å²) < 4.78 is 33.8. The van der Waals surface area contributed by atoms with Crippen LogP contribution in [0.2, 0.25) is 0 Å². The third kappa shape index (κ3) is 5.19. The zero-order chi connectivity index (χ0) is 24.7. The molecule has 2 aliphatic carbocycles. The maximum absolute atomic E-state index is 15.1. The molecule has 1 aromatic heterocycles. The van der Waals surface area contributed by atoms with Crippen LogP contribution in [-0.4, -0.2) is 101 Å². The van der Waals surface area contributed by atoms with Gasteiger partial charge in [0, 0.05) is 56.8 Å². The molecule has 10 heteroatoms. The molecule has 2 saturated carbocycles. The number of amides is 2. The van der Waals surface area contributed by atoms with E-state index in [0.717, 1.165) is 39.0 Å². The highest BCUT2D eigenvalue weighted by Crippen LogP contribution is 2.43. The summed E-state index contributed by atoms with van der Waals surface area (Å²) in [5.74, 6) is 0.736. The number of piperazine rings is 1. The molecule has 2 aliphatic heterocycles. The van der Waals surface area contributed by atoms with Crippen molar-refractivity contribution in [1.82, 2.24) is 30.2 Å². The van der Waals surface area contributed by atoms with Gasteiger partial charge in [0.15, 0.2) is 5.82 Å². The Kier molecular flexibility index (Phi) is 7.05. The van der Waals surface area contributed by atoms with Crippen LogP contribution in [0.5, 0.6) is 0 Å². The fourth-order valence-electron chi connectivity index (χ4n) is 6.02. The van der Waals surface area contributed by atoms with Gasteiger partial charge in [0.2, 0.25) is 5.89 Å². The number of likely N-dealkylation sites (tertiary alicyclic amines) is 1. The number of rotatable bonds is 5. The molecule has 4 aliphatic rings. The van der Waals surface area contributed by atoms with E-state index in [-0.39, 0.29) is 23.4 Å². The Bertz CT molecular complexity index is 881. The van der Waals surface area contributed by atoms with Crippen molar-refractivity contribution in [2.45, 2.75) is 101 Å². The van der Waals surface area contributed by atoms with Gasteiger partial charge >= 0.3 is 6.03 Å². The highest BCUT2D eigenvalue weighted by molar-refractivity contribution is 5.75. The Hall–Kier alpha value is -1.81. The number of halogens is 2. The van der Waals surface area contributed by atoms with Crippen LogP contribution in [0.3, 0.4) is 0 Å². The first-order valence-corrected chi connectivity index (χ1v) is 13.4. The molecule has 0 bridgehead atoms. The standard InChI is InChI=1S/C25H40F2N6O2/c1-16(2)31-11-13-32(14-12-31)20-6-4-5-18(26)21(20)28-24(34)33-9-7-25(3,8-10-33)23-29-22(35-30-23)17-15-19(17)27/h16-21H,4-15H2,1-3H3,(H,28,34)/t17-,18+,19+,20+,21?/m1/s1. The van der Waals surface area contributed by atoms with Crippen LogP contribution in [0.1, 0.15) is 76.9 Å². The number of aromatic nitrogens is 2. The molecular formula is C25H40F2N6O2. The molecule has 35 heavy (non-hydrogen) atoms. The molecule has 0 spiro atoms. The van der Waals surface area contributed by atoms with Gasteiger partial charge in [-0.2, -0.15) is 4.98 Å². The number of carbonyl (C=O) groups excluding carboxylic acids is 1. The summed E-state index contributed by atoms with van der Waals surface area (Å²) in [4.78, 5) is 24.3. The fourth-order valence-corrected chi connectivity index (χ4v) is 6.02. The third-order valence-corrected chi connectivity index (χ3v) is 8.79. The van der Waals surface area contributed by atoms with Gasteiger partial charge in [0.25, 0.3) is 0 Å². The zero-order valence-corrected chi connectivity index (χ0v) is 21.3. The summed E-state index contributed by atoms with van der Waals surface area (Å²) in [6.45, 7) is 11.4. The first-order valence-electron chi connectivity index (χ1n) is 13.4. The fraction of sp³-hybridized carbons (Fsp3) is 0.880. The smallest absolute Gasteiger partial charge is 0.317 e. The quantitative estimate of drug-likeness (QED) is 0.677. The first kappa shape index (κ1) is 24.9. The zero-order valence-electron chi connectivity index (χ0n) is 21.3. The average Bonchev–Trinajstić information content (AvgIpc) is 3.36. The van der Waals surface area contributed by atoms with E-state index in [1.807, 2.05) is 0 Å². The Morgan fingerprint density at radius 2 is 1.77 bits per heavy atom. The molecule has 2 amide bonds. The van der Waals surface area contributed by atoms with E-state index in [9.17, 15) is 9.18 Å². The molecule has 5 rings (SSSR count). The highest BCUT2D eigenvalue weighted by Gasteiger charge is 2.46. The predicted molar refractivity (Wildman–Crippen MR) is 128 cm³/mol. The summed E-state index contributed by atoms with van der Waals surface area (Å²) in [7, 11) is 0. The normalized spacial score (nSPS) is 34.2. The van der Waals surface area contributed by atoms with Crippen molar-refractivity contribution in [2.24, 2.45) is 0 Å². The number of nitrogens with zero attached hydrogens (tertiary/aromatic N) is 5. The number of hydrogen-bond acceptors (Lipinski definition) is 6. The number of carbonyl (C=O) groups is 1. The van der Waals surface area contributed by atoms with E-state index in [2.05, 4.69) is 46.0 Å². The molecule has 5 atom stereocenters. The minimum atomic E-state index is -1.02. The molecule has 4 fully saturated rings. The van der Waals surface area contributed by atoms with Crippen molar-refractivity contribution in [3.05, 3.63) is 11.7 Å². The van der Waals surface area contributed by atoms with Gasteiger partial charge in [-0.25, -0.2) is 13.6 Å². The van der Waals surface area contributed by atoms with Gasteiger partial charge in [-0.3, -0.25) is 9.80 Å². The maximum atomic E-state index is 15.1. The summed E-state index contributed by atoms with van der Waals surface area (Å²) in [6.07, 6.45) is 2.23. The van der Waals surface area contributed by atoms with E-state index in [1.54, 1.807) is 4.90 Å². The van der Waals surface area contributed by atoms with Crippen LogP contribution >= 0.6 is 0 Å². The SMILES string of the molecule is CC(C)N1CCN([C@H]2CCC[C@H](F)C2NC(=O)N2CCC(C)(c3noc([C@@H]4C[C@@H]4F)n3)CC2)CC1. The van der Waals surface area contributed by atoms with Crippen molar-refractivity contribution in [2.75, 3.05) is 39.3 Å². The number of nitrogens with one attached hydrogen (secondary N) is 1. The summed E-state index contributed by atoms with van der Waals surface area (Å²) in [5.41, 5.74) is -0.314. The van der Waals surface area contributed by atoms with Gasteiger partial charge < -0.3 is 14.7 Å². The van der Waals surface area contributed by atoms with E-state index in [4.69, 9.17) is 4.52 Å². The van der Waals surface area contributed by atoms with Crippen LogP contribution in [-0.2, 0) is 5.41 Å². The molecule has 0 radical (unpaired) electrons. The highest BCUT2D eigenvalue weighted by atomic mass is 19.1. The third-order valence-electron chi connectivity index (χ3n) is 8.79. The lowest BCUT2D eigenvalue weighted by atomic mass is 9.79. The molecule has 196 valence electrons. The molecule has 8 nitrogen and oxygen atoms in total. The average molecular weight is 495 g/mol. The van der Waals surface area contributed by atoms with Gasteiger partial charge in [-0.05, 0) is 52.4 Å². The topological polar surface area (TPSA) is 77.7 Å². The van der Waals surface area contributed by atoms with E-state index >= 15 is 4.39 Å². The molecular weight excluding hydrogens is 454 g/mol. The van der Waals surface area contributed by atoms with Gasteiger partial charge in [-0.15, -0.1) is 0 Å². The molecule has 2 saturated heterocycles. The van der Waals surface area contributed by atoms with Crippen molar-refractivity contribution in [3.63, 3.8) is 0 Å². The minimum Gasteiger partial charge on any atom is -0.339 e. The monoisotopic (exact) mass is 494 g/mol. The van der Waals surface area contributed by atoms with Gasteiger partial charge in [0.05, 0.1) is 12.0 Å². The van der Waals surface area contributed by atoms with Crippen molar-refractivity contribution >= 4 is 6.03 Å². The molecule has 1 N–H and O–H groups in total. The molecule has 3 heterocycles. The lowest BCUT2D eigenvalue weighted by molar-refractivity contribution is 0.0264. The predicted octanol–water partition coefficient (Wildman–Crippen LogP) is 3.24. The lowest BCUT2D eigenvalue weighted by Crippen LogP contribution is -2.63. The number of piperidine rings is 1. The summed E-state index contributed by atoms with van der Waals surface area (Å²) in [6, 6.07) is -0.0840. The van der Waals surface area contributed by atoms with Gasteiger partial charge in [-0.1, -0.05) is 12.1 Å². The Balaban J connectivity index is 1.17. The summed E-state index contributed by atoms with van der Waals surface area (Å²) >= 11 is 0. The van der Waals surface area contributed by atoms with Crippen molar-refractivity contribution in [3.8, 4) is 0 Å². The van der Waals surface area contributed by atoms with Crippen molar-refractivity contribution in [1.29, 1.82) is 0 Å². The van der Waals surface area contributed by atoms with E-state index < -0.39 is 18.4 Å². The number of alkyl halides is 2. The van der Waals surface area contributed by atoms with Crippen LogP contribution in [0.25, 0.3) is 0 Å².